The van der Waals surface area contributed by atoms with Crippen LogP contribution < -0.4 is 5.32 Å². The van der Waals surface area contributed by atoms with E-state index in [1.165, 1.54) is 0 Å². The van der Waals surface area contributed by atoms with Crippen molar-refractivity contribution in [2.24, 2.45) is 15.4 Å². The average Bonchev–Trinajstić information content (AvgIpc) is 3.80. The third-order valence-corrected chi connectivity index (χ3v) is 8.13. The van der Waals surface area contributed by atoms with Gasteiger partial charge in [-0.25, -0.2) is 15.0 Å². The predicted molar refractivity (Wildman–Crippen MR) is 150 cm³/mol. The molecule has 6 heterocycles. The standard InChI is InChI=1S/C28H33N9O5/c1-5-36(15-38)24-20-21(42-27(3,4)41-20)25(40-24)37-14-29-19-22(31-18-10-11-39-12-18)32-26(33-23(19)37)28(13-30-35-34-28)17-8-6-16(2)7-9-17/h6-9,13-15,18,20-21,24-25H,5,10-12H2,1-4H3,(H,31,32,33)/t18?,20-,21-,24+,25-,28?/m1/s1. The molecule has 1 aromatic carbocycles. The SMILES string of the molecule is CCN(C=O)[C@H]1O[C@@H](n2cnc3c(NC4CCOC4)nc(C4(c5ccc(C)cc5)C=NN=N4)nc32)[C@@H]2OC(C)(C)O[C@H]21. The fourth-order valence-electron chi connectivity index (χ4n) is 5.98. The van der Waals surface area contributed by atoms with Gasteiger partial charge in [0, 0.05) is 13.2 Å². The summed E-state index contributed by atoms with van der Waals surface area (Å²) >= 11 is 0. The van der Waals surface area contributed by atoms with Gasteiger partial charge in [0.15, 0.2) is 41.0 Å². The molecule has 0 aliphatic carbocycles. The molecule has 0 saturated carbocycles. The van der Waals surface area contributed by atoms with E-state index in [4.69, 9.17) is 33.9 Å². The number of hydrogen-bond donors (Lipinski definition) is 1. The summed E-state index contributed by atoms with van der Waals surface area (Å²) in [4.78, 5) is 28.2. The van der Waals surface area contributed by atoms with Crippen LogP contribution in [-0.2, 0) is 29.3 Å². The molecule has 1 N–H and O–H groups in total. The molecule has 0 bridgehead atoms. The highest BCUT2D eigenvalue weighted by Crippen LogP contribution is 2.45. The lowest BCUT2D eigenvalue weighted by Gasteiger charge is -2.29. The number of nitrogens with zero attached hydrogens (tertiary/aromatic N) is 8. The molecular weight excluding hydrogens is 542 g/mol. The Morgan fingerprint density at radius 1 is 1.17 bits per heavy atom. The van der Waals surface area contributed by atoms with Crippen LogP contribution in [0.25, 0.3) is 11.2 Å². The summed E-state index contributed by atoms with van der Waals surface area (Å²) in [6.45, 7) is 9.29. The quantitative estimate of drug-likeness (QED) is 0.400. The van der Waals surface area contributed by atoms with Crippen LogP contribution in [0.2, 0.25) is 0 Å². The number of hydrogen-bond acceptors (Lipinski definition) is 12. The summed E-state index contributed by atoms with van der Waals surface area (Å²) in [5.74, 6) is 0.0641. The van der Waals surface area contributed by atoms with Crippen molar-refractivity contribution in [1.29, 1.82) is 0 Å². The van der Waals surface area contributed by atoms with Gasteiger partial charge >= 0.3 is 0 Å². The molecule has 42 heavy (non-hydrogen) atoms. The Morgan fingerprint density at radius 3 is 2.67 bits per heavy atom. The van der Waals surface area contributed by atoms with E-state index in [0.717, 1.165) is 24.0 Å². The zero-order valence-corrected chi connectivity index (χ0v) is 23.9. The second kappa shape index (κ2) is 10.2. The summed E-state index contributed by atoms with van der Waals surface area (Å²) in [5.41, 5.74) is 1.87. The summed E-state index contributed by atoms with van der Waals surface area (Å²) in [6.07, 6.45) is 2.57. The Balaban J connectivity index is 1.38. The van der Waals surface area contributed by atoms with Gasteiger partial charge < -0.3 is 29.2 Å². The maximum absolute atomic E-state index is 11.9. The Labute approximate surface area is 242 Å². The van der Waals surface area contributed by atoms with Gasteiger partial charge in [0.2, 0.25) is 11.9 Å². The molecule has 3 fully saturated rings. The molecule has 2 aromatic heterocycles. The van der Waals surface area contributed by atoms with Crippen molar-refractivity contribution >= 4 is 29.6 Å². The van der Waals surface area contributed by atoms with E-state index in [2.05, 4.69) is 20.8 Å². The highest BCUT2D eigenvalue weighted by molar-refractivity contribution is 5.85. The highest BCUT2D eigenvalue weighted by atomic mass is 16.8. The normalized spacial score (nSPS) is 31.2. The molecule has 4 aliphatic heterocycles. The number of benzene rings is 1. The van der Waals surface area contributed by atoms with Crippen molar-refractivity contribution in [3.63, 3.8) is 0 Å². The Morgan fingerprint density at radius 2 is 1.98 bits per heavy atom. The minimum atomic E-state index is -1.13. The van der Waals surface area contributed by atoms with E-state index in [-0.39, 0.29) is 6.04 Å². The van der Waals surface area contributed by atoms with Crippen LogP contribution in [0.1, 0.15) is 50.4 Å². The van der Waals surface area contributed by atoms with E-state index in [1.807, 2.05) is 56.5 Å². The smallest absolute Gasteiger partial charge is 0.211 e. The number of amides is 1. The Kier molecular flexibility index (Phi) is 6.53. The summed E-state index contributed by atoms with van der Waals surface area (Å²) in [6, 6.07) is 8.04. The molecule has 3 aromatic rings. The first-order valence-electron chi connectivity index (χ1n) is 14.2. The van der Waals surface area contributed by atoms with Gasteiger partial charge in [0.25, 0.3) is 0 Å². The number of rotatable bonds is 8. The van der Waals surface area contributed by atoms with Gasteiger partial charge in [-0.15, -0.1) is 10.2 Å². The molecular formula is C28H33N9O5. The van der Waals surface area contributed by atoms with Gasteiger partial charge in [0.05, 0.1) is 25.2 Å². The fourth-order valence-corrected chi connectivity index (χ4v) is 5.98. The first kappa shape index (κ1) is 27.0. The van der Waals surface area contributed by atoms with Crippen LogP contribution in [0.4, 0.5) is 5.82 Å². The lowest BCUT2D eigenvalue weighted by atomic mass is 9.90. The van der Waals surface area contributed by atoms with Gasteiger partial charge in [-0.2, -0.15) is 0 Å². The van der Waals surface area contributed by atoms with E-state index in [0.29, 0.717) is 42.6 Å². The zero-order valence-electron chi connectivity index (χ0n) is 23.9. The molecule has 6 atom stereocenters. The molecule has 7 rings (SSSR count). The minimum absolute atomic E-state index is 0.0601. The summed E-state index contributed by atoms with van der Waals surface area (Å²) < 4.78 is 26.5. The number of carbonyl (C=O) groups is 1. The molecule has 3 saturated heterocycles. The van der Waals surface area contributed by atoms with Crippen molar-refractivity contribution in [3.05, 3.63) is 47.5 Å². The summed E-state index contributed by atoms with van der Waals surface area (Å²) in [5, 5.41) is 16.1. The fraction of sp³-hybridized carbons (Fsp3) is 0.536. The van der Waals surface area contributed by atoms with Gasteiger partial charge in [-0.05, 0) is 44.9 Å². The first-order chi connectivity index (χ1) is 20.3. The number of nitrogens with one attached hydrogen (secondary N) is 1. The molecule has 1 amide bonds. The molecule has 0 spiro atoms. The third-order valence-electron chi connectivity index (χ3n) is 8.13. The van der Waals surface area contributed by atoms with Crippen LogP contribution in [0.5, 0.6) is 0 Å². The topological polar surface area (TPSA) is 150 Å². The van der Waals surface area contributed by atoms with E-state index < -0.39 is 36.0 Å². The average molecular weight is 576 g/mol. The van der Waals surface area contributed by atoms with Crippen molar-refractivity contribution < 1.29 is 23.7 Å². The highest BCUT2D eigenvalue weighted by Gasteiger charge is 2.57. The molecule has 14 heteroatoms. The minimum Gasteiger partial charge on any atom is -0.379 e. The van der Waals surface area contributed by atoms with E-state index >= 15 is 0 Å². The first-order valence-corrected chi connectivity index (χ1v) is 14.2. The number of likely N-dealkylation sites (N-methyl/N-ethyl adjacent to an activating group) is 1. The largest absolute Gasteiger partial charge is 0.379 e. The monoisotopic (exact) mass is 575 g/mol. The molecule has 2 unspecified atom stereocenters. The summed E-state index contributed by atoms with van der Waals surface area (Å²) in [7, 11) is 0. The lowest BCUT2D eigenvalue weighted by molar-refractivity contribution is -0.214. The maximum Gasteiger partial charge on any atom is 0.211 e. The van der Waals surface area contributed by atoms with Crippen molar-refractivity contribution in [1.82, 2.24) is 24.4 Å². The van der Waals surface area contributed by atoms with Gasteiger partial charge in [-0.1, -0.05) is 29.8 Å². The van der Waals surface area contributed by atoms with E-state index in [1.54, 1.807) is 17.4 Å². The van der Waals surface area contributed by atoms with Crippen LogP contribution >= 0.6 is 0 Å². The molecule has 0 radical (unpaired) electrons. The van der Waals surface area contributed by atoms with Crippen LogP contribution in [0.15, 0.2) is 46.0 Å². The molecule has 220 valence electrons. The Bertz CT molecular complexity index is 1540. The number of aryl methyl sites for hydroxylation is 1. The van der Waals surface area contributed by atoms with Gasteiger partial charge in [-0.3, -0.25) is 9.36 Å². The second-order valence-corrected chi connectivity index (χ2v) is 11.4. The number of anilines is 1. The molecule has 4 aliphatic rings. The zero-order chi connectivity index (χ0) is 29.1. The Hall–Kier alpha value is -3.85. The maximum atomic E-state index is 11.9. The van der Waals surface area contributed by atoms with Crippen molar-refractivity contribution in [3.8, 4) is 0 Å². The predicted octanol–water partition coefficient (Wildman–Crippen LogP) is 2.88. The van der Waals surface area contributed by atoms with Crippen LogP contribution in [0, 0.1) is 6.92 Å². The third kappa shape index (κ3) is 4.37. The van der Waals surface area contributed by atoms with Crippen LogP contribution in [0.3, 0.4) is 0 Å². The number of aromatic nitrogens is 4. The number of ether oxygens (including phenoxy) is 4. The number of carbonyl (C=O) groups excluding carboxylic acids is 1. The van der Waals surface area contributed by atoms with Crippen molar-refractivity contribution in [2.75, 3.05) is 25.1 Å². The number of fused-ring (bicyclic) bond motifs is 2. The van der Waals surface area contributed by atoms with Crippen molar-refractivity contribution in [2.45, 2.75) is 76.1 Å². The number of imidazole rings is 1. The van der Waals surface area contributed by atoms with Gasteiger partial charge in [0.1, 0.15) is 12.2 Å². The van der Waals surface area contributed by atoms with Crippen LogP contribution in [-0.4, -0.2) is 87.1 Å². The van der Waals surface area contributed by atoms with E-state index in [9.17, 15) is 4.79 Å². The lowest BCUT2D eigenvalue weighted by Crippen LogP contribution is -2.43. The molecule has 14 nitrogen and oxygen atoms in total. The second-order valence-electron chi connectivity index (χ2n) is 11.4.